The van der Waals surface area contributed by atoms with Crippen molar-refractivity contribution in [2.75, 3.05) is 5.32 Å². The van der Waals surface area contributed by atoms with Crippen LogP contribution in [0.3, 0.4) is 0 Å². The van der Waals surface area contributed by atoms with Crippen LogP contribution in [0, 0.1) is 0 Å². The number of H-pyrrole nitrogens is 1. The summed E-state index contributed by atoms with van der Waals surface area (Å²) >= 11 is 0. The van der Waals surface area contributed by atoms with Crippen molar-refractivity contribution in [1.29, 1.82) is 0 Å². The maximum Gasteiger partial charge on any atom is 0.148 e. The number of aromatic amines is 1. The Balaban J connectivity index is 1.56. The van der Waals surface area contributed by atoms with E-state index < -0.39 is 0 Å². The van der Waals surface area contributed by atoms with Crippen molar-refractivity contribution in [1.82, 2.24) is 10.2 Å². The number of nitrogens with one attached hydrogen (secondary N) is 2. The fourth-order valence-corrected chi connectivity index (χ4v) is 2.62. The highest BCUT2D eigenvalue weighted by Gasteiger charge is 2.44. The summed E-state index contributed by atoms with van der Waals surface area (Å²) in [6, 6.07) is 12.9. The Morgan fingerprint density at radius 1 is 1.17 bits per heavy atom. The molecule has 0 radical (unpaired) electrons. The minimum atomic E-state index is 0.136. The predicted octanol–water partition coefficient (Wildman–Crippen LogP) is 3.39. The van der Waals surface area contributed by atoms with Crippen LogP contribution >= 0.6 is 0 Å². The first-order valence-electron chi connectivity index (χ1n) is 6.75. The van der Waals surface area contributed by atoms with Gasteiger partial charge < -0.3 is 5.32 Å². The van der Waals surface area contributed by atoms with Gasteiger partial charge in [-0.1, -0.05) is 30.3 Å². The molecule has 0 bridgehead atoms. The lowest BCUT2D eigenvalue weighted by atomic mass is 10.1. The van der Waals surface area contributed by atoms with Gasteiger partial charge in [-0.05, 0) is 31.2 Å². The summed E-state index contributed by atoms with van der Waals surface area (Å²) < 4.78 is 0. The summed E-state index contributed by atoms with van der Waals surface area (Å²) in [5, 5.41) is 11.2. The zero-order valence-electron chi connectivity index (χ0n) is 10.3. The third kappa shape index (κ3) is 1.70. The lowest BCUT2D eigenvalue weighted by Crippen LogP contribution is -2.18. The third-order valence-corrected chi connectivity index (χ3v) is 4.06. The second kappa shape index (κ2) is 3.61. The number of hydrogen-bond donors (Lipinski definition) is 2. The van der Waals surface area contributed by atoms with Crippen LogP contribution in [0.15, 0.2) is 36.4 Å². The van der Waals surface area contributed by atoms with Crippen molar-refractivity contribution < 1.29 is 0 Å². The zero-order valence-corrected chi connectivity index (χ0v) is 10.3. The predicted molar refractivity (Wildman–Crippen MR) is 71.5 cm³/mol. The Kier molecular flexibility index (Phi) is 2.04. The molecule has 0 saturated heterocycles. The maximum atomic E-state index is 4.39. The van der Waals surface area contributed by atoms with Gasteiger partial charge in [0.05, 0.1) is 5.54 Å². The Labute approximate surface area is 107 Å². The average molecular weight is 239 g/mol. The van der Waals surface area contributed by atoms with Crippen LogP contribution in [0.4, 0.5) is 5.82 Å². The highest BCUT2D eigenvalue weighted by molar-refractivity contribution is 5.47. The van der Waals surface area contributed by atoms with Gasteiger partial charge in [0, 0.05) is 17.7 Å². The van der Waals surface area contributed by atoms with Crippen LogP contribution in [0.5, 0.6) is 0 Å². The van der Waals surface area contributed by atoms with Crippen LogP contribution in [0.25, 0.3) is 0 Å². The first-order valence-corrected chi connectivity index (χ1v) is 6.75. The molecule has 0 aliphatic heterocycles. The summed E-state index contributed by atoms with van der Waals surface area (Å²) in [6.07, 6.45) is 5.02. The molecule has 1 aromatic heterocycles. The van der Waals surface area contributed by atoms with Crippen molar-refractivity contribution in [3.8, 4) is 0 Å². The SMILES string of the molecule is c1ccc(C2(Nc3cc(C4CC4)[nH]n3)CC2)cc1. The van der Waals surface area contributed by atoms with E-state index in [4.69, 9.17) is 0 Å². The summed E-state index contributed by atoms with van der Waals surface area (Å²) in [7, 11) is 0. The highest BCUT2D eigenvalue weighted by atomic mass is 15.2. The van der Waals surface area contributed by atoms with Crippen molar-refractivity contribution in [2.24, 2.45) is 0 Å². The average Bonchev–Trinajstić information content (AvgIpc) is 3.32. The number of benzene rings is 1. The van der Waals surface area contributed by atoms with Gasteiger partial charge in [-0.3, -0.25) is 5.10 Å². The fourth-order valence-electron chi connectivity index (χ4n) is 2.62. The maximum absolute atomic E-state index is 4.39. The van der Waals surface area contributed by atoms with Gasteiger partial charge in [0.25, 0.3) is 0 Å². The van der Waals surface area contributed by atoms with E-state index in [0.29, 0.717) is 0 Å². The Hall–Kier alpha value is -1.77. The van der Waals surface area contributed by atoms with Crippen LogP contribution in [-0.4, -0.2) is 10.2 Å². The molecule has 1 aromatic carbocycles. The van der Waals surface area contributed by atoms with Crippen LogP contribution in [0.2, 0.25) is 0 Å². The topological polar surface area (TPSA) is 40.7 Å². The fraction of sp³-hybridized carbons (Fsp3) is 0.400. The lowest BCUT2D eigenvalue weighted by molar-refractivity contribution is 0.797. The molecular weight excluding hydrogens is 222 g/mol. The van der Waals surface area contributed by atoms with Crippen molar-refractivity contribution in [3.05, 3.63) is 47.7 Å². The van der Waals surface area contributed by atoms with Gasteiger partial charge in [-0.25, -0.2) is 0 Å². The molecule has 4 rings (SSSR count). The van der Waals surface area contributed by atoms with Gasteiger partial charge in [0.2, 0.25) is 0 Å². The number of aromatic nitrogens is 2. The molecular formula is C15H17N3. The minimum absolute atomic E-state index is 0.136. The van der Waals surface area contributed by atoms with Gasteiger partial charge >= 0.3 is 0 Å². The van der Waals surface area contributed by atoms with Gasteiger partial charge in [-0.2, -0.15) is 5.10 Å². The molecule has 18 heavy (non-hydrogen) atoms. The Bertz CT molecular complexity index is 550. The van der Waals surface area contributed by atoms with Gasteiger partial charge in [-0.15, -0.1) is 0 Å². The quantitative estimate of drug-likeness (QED) is 0.858. The van der Waals surface area contributed by atoms with E-state index in [1.807, 2.05) is 0 Å². The van der Waals surface area contributed by atoms with Crippen LogP contribution < -0.4 is 5.32 Å². The first kappa shape index (κ1) is 10.2. The van der Waals surface area contributed by atoms with E-state index >= 15 is 0 Å². The van der Waals surface area contributed by atoms with Gasteiger partial charge in [0.15, 0.2) is 0 Å². The van der Waals surface area contributed by atoms with E-state index in [0.717, 1.165) is 11.7 Å². The highest BCUT2D eigenvalue weighted by Crippen LogP contribution is 2.48. The second-order valence-electron chi connectivity index (χ2n) is 5.56. The molecule has 0 spiro atoms. The molecule has 3 nitrogen and oxygen atoms in total. The Morgan fingerprint density at radius 3 is 2.61 bits per heavy atom. The number of rotatable bonds is 4. The normalized spacial score (nSPS) is 20.7. The van der Waals surface area contributed by atoms with E-state index in [9.17, 15) is 0 Å². The molecule has 2 saturated carbocycles. The smallest absolute Gasteiger partial charge is 0.148 e. The first-order chi connectivity index (χ1) is 8.86. The largest absolute Gasteiger partial charge is 0.359 e. The summed E-state index contributed by atoms with van der Waals surface area (Å²) in [6.45, 7) is 0. The second-order valence-corrected chi connectivity index (χ2v) is 5.56. The van der Waals surface area contributed by atoms with Gasteiger partial charge in [0.1, 0.15) is 5.82 Å². The minimum Gasteiger partial charge on any atom is -0.359 e. The van der Waals surface area contributed by atoms with Crippen LogP contribution in [0.1, 0.15) is 42.9 Å². The molecule has 3 heteroatoms. The zero-order chi connectivity index (χ0) is 12.0. The van der Waals surface area contributed by atoms with E-state index in [-0.39, 0.29) is 5.54 Å². The summed E-state index contributed by atoms with van der Waals surface area (Å²) in [5.74, 6) is 1.73. The lowest BCUT2D eigenvalue weighted by Gasteiger charge is -2.17. The van der Waals surface area contributed by atoms with Crippen molar-refractivity contribution in [3.63, 3.8) is 0 Å². The van der Waals surface area contributed by atoms with Crippen molar-refractivity contribution >= 4 is 5.82 Å². The standard InChI is InChI=1S/C15H17N3/c1-2-4-12(5-3-1)15(8-9-15)16-14-10-13(17-18-14)11-6-7-11/h1-5,10-11H,6-9H2,(H2,16,17,18). The molecule has 2 aromatic rings. The molecule has 0 amide bonds. The van der Waals surface area contributed by atoms with E-state index in [1.54, 1.807) is 0 Å². The molecule has 0 unspecified atom stereocenters. The van der Waals surface area contributed by atoms with Crippen molar-refractivity contribution in [2.45, 2.75) is 37.1 Å². The Morgan fingerprint density at radius 2 is 1.94 bits per heavy atom. The monoisotopic (exact) mass is 239 g/mol. The molecule has 1 heterocycles. The summed E-state index contributed by atoms with van der Waals surface area (Å²) in [5.41, 5.74) is 2.81. The summed E-state index contributed by atoms with van der Waals surface area (Å²) in [4.78, 5) is 0. The third-order valence-electron chi connectivity index (χ3n) is 4.06. The van der Waals surface area contributed by atoms with E-state index in [1.165, 1.54) is 36.9 Å². The molecule has 92 valence electrons. The van der Waals surface area contributed by atoms with E-state index in [2.05, 4.69) is 51.9 Å². The number of nitrogens with zero attached hydrogens (tertiary/aromatic N) is 1. The van der Waals surface area contributed by atoms with Crippen LogP contribution in [-0.2, 0) is 5.54 Å². The molecule has 2 fully saturated rings. The molecule has 2 N–H and O–H groups in total. The molecule has 0 atom stereocenters. The number of hydrogen-bond acceptors (Lipinski definition) is 2. The molecule has 2 aliphatic rings. The number of anilines is 1. The molecule has 2 aliphatic carbocycles.